The summed E-state index contributed by atoms with van der Waals surface area (Å²) < 4.78 is 54.1. The maximum atomic E-state index is 12.6. The average molecular weight is 504 g/mol. The highest BCUT2D eigenvalue weighted by molar-refractivity contribution is 8.14. The zero-order valence-electron chi connectivity index (χ0n) is 17.1. The molecule has 2 aromatic rings. The van der Waals surface area contributed by atoms with Crippen LogP contribution in [-0.2, 0) is 10.3 Å². The maximum absolute atomic E-state index is 12.6. The van der Waals surface area contributed by atoms with Crippen LogP contribution in [0.4, 0.5) is 23.2 Å². The van der Waals surface area contributed by atoms with E-state index in [1.165, 1.54) is 18.3 Å². The number of carbonyl (C=O) groups is 1. The van der Waals surface area contributed by atoms with E-state index in [1.54, 1.807) is 13.0 Å². The first-order valence-corrected chi connectivity index (χ1v) is 10.7. The third-order valence-corrected chi connectivity index (χ3v) is 5.86. The van der Waals surface area contributed by atoms with Gasteiger partial charge < -0.3 is 15.8 Å². The van der Waals surface area contributed by atoms with Gasteiger partial charge in [-0.3, -0.25) is 9.78 Å². The molecule has 2 atom stereocenters. The molecular weight excluding hydrogens is 486 g/mol. The van der Waals surface area contributed by atoms with Gasteiger partial charge in [-0.1, -0.05) is 23.4 Å². The lowest BCUT2D eigenvalue weighted by Crippen LogP contribution is -2.36. The highest BCUT2D eigenvalue weighted by atomic mass is 35.5. The van der Waals surface area contributed by atoms with Crippen molar-refractivity contribution >= 4 is 46.2 Å². The summed E-state index contributed by atoms with van der Waals surface area (Å²) in [4.78, 5) is 25.2. The number of alkyl halides is 2. The minimum Gasteiger partial charge on any atom is -0.379 e. The second-order valence-corrected chi connectivity index (χ2v) is 8.91. The van der Waals surface area contributed by atoms with E-state index >= 15 is 0 Å². The van der Waals surface area contributed by atoms with Gasteiger partial charge in [-0.05, 0) is 37.1 Å². The molecule has 1 aliphatic heterocycles. The molecule has 0 spiro atoms. The van der Waals surface area contributed by atoms with E-state index in [4.69, 9.17) is 17.3 Å². The zero-order valence-corrected chi connectivity index (χ0v) is 18.6. The summed E-state index contributed by atoms with van der Waals surface area (Å²) in [5, 5.41) is 2.35. The Morgan fingerprint density at radius 3 is 2.85 bits per heavy atom. The van der Waals surface area contributed by atoms with Crippen molar-refractivity contribution in [3.05, 3.63) is 58.6 Å². The minimum absolute atomic E-state index is 0.0478. The minimum atomic E-state index is -2.89. The maximum Gasteiger partial charge on any atom is 0.345 e. The molecule has 13 heteroatoms. The molecule has 0 saturated heterocycles. The Morgan fingerprint density at radius 2 is 2.18 bits per heavy atom. The average Bonchev–Trinajstić information content (AvgIpc) is 2.71. The van der Waals surface area contributed by atoms with E-state index in [-0.39, 0.29) is 33.3 Å². The van der Waals surface area contributed by atoms with Crippen molar-refractivity contribution in [3.63, 3.8) is 0 Å². The summed E-state index contributed by atoms with van der Waals surface area (Å²) >= 11 is 7.17. The van der Waals surface area contributed by atoms with Gasteiger partial charge in [0.2, 0.25) is 0 Å². The number of ether oxygens (including phenoxy) is 1. The Labute approximate surface area is 195 Å². The van der Waals surface area contributed by atoms with Crippen LogP contribution in [0.1, 0.15) is 35.1 Å². The summed E-state index contributed by atoms with van der Waals surface area (Å²) in [6, 6.07) is 4.29. The number of halogens is 5. The van der Waals surface area contributed by atoms with E-state index in [2.05, 4.69) is 25.0 Å². The van der Waals surface area contributed by atoms with Gasteiger partial charge in [0.1, 0.15) is 11.2 Å². The predicted molar refractivity (Wildman–Crippen MR) is 119 cm³/mol. The van der Waals surface area contributed by atoms with Crippen LogP contribution in [-0.4, -0.2) is 39.5 Å². The number of thioether (sulfide) groups is 1. The second-order valence-electron chi connectivity index (χ2n) is 7.18. The molecule has 0 radical (unpaired) electrons. The summed E-state index contributed by atoms with van der Waals surface area (Å²) in [6.07, 6.45) is 1.52. The highest BCUT2D eigenvalue weighted by Gasteiger charge is 2.36. The van der Waals surface area contributed by atoms with Crippen molar-refractivity contribution in [1.82, 2.24) is 9.97 Å². The fourth-order valence-corrected chi connectivity index (χ4v) is 4.63. The van der Waals surface area contributed by atoms with Crippen molar-refractivity contribution in [2.75, 3.05) is 11.9 Å². The first kappa shape index (κ1) is 24.9. The van der Waals surface area contributed by atoms with E-state index in [9.17, 15) is 22.4 Å². The molecule has 7 nitrogen and oxygen atoms in total. The summed E-state index contributed by atoms with van der Waals surface area (Å²) in [7, 11) is 0. The molecule has 3 heterocycles. The van der Waals surface area contributed by atoms with Gasteiger partial charge in [0.15, 0.2) is 5.17 Å². The normalized spacial score (nSPS) is 20.3. The number of pyridine rings is 2. The lowest BCUT2D eigenvalue weighted by Gasteiger charge is -2.33. The summed E-state index contributed by atoms with van der Waals surface area (Å²) in [6.45, 7) is -1.36. The molecule has 1 aliphatic rings. The number of amides is 1. The molecule has 176 valence electrons. The number of hydrogen-bond donors (Lipinski definition) is 2. The van der Waals surface area contributed by atoms with Crippen molar-refractivity contribution in [3.8, 4) is 0 Å². The summed E-state index contributed by atoms with van der Waals surface area (Å²) in [5.41, 5.74) is 5.64. The standard InChI is InChI=1S/C20H18ClF4N5O2S/c1-20(7-12(9-32-18(24)25)33-19(26)30-20)14-6-11(2-3-27-14)29-17(31)16-13(21)4-10(8-28-16)5-15(22)23/h2-6,8,12,18H,7,9H2,1H3,(H2,26,30)(H,27,29,31)/t12-,20-/m0/s1. The number of aliphatic imine (C=N–C) groups is 1. The van der Waals surface area contributed by atoms with Crippen LogP contribution >= 0.6 is 23.4 Å². The predicted octanol–water partition coefficient (Wildman–Crippen LogP) is 4.89. The first-order valence-electron chi connectivity index (χ1n) is 9.43. The van der Waals surface area contributed by atoms with Gasteiger partial charge in [0.05, 0.1) is 17.3 Å². The number of aromatic nitrogens is 2. The fourth-order valence-electron chi connectivity index (χ4n) is 3.22. The molecule has 33 heavy (non-hydrogen) atoms. The van der Waals surface area contributed by atoms with Gasteiger partial charge in [-0.25, -0.2) is 9.98 Å². The lowest BCUT2D eigenvalue weighted by atomic mass is 9.91. The van der Waals surface area contributed by atoms with Gasteiger partial charge >= 0.3 is 6.61 Å². The van der Waals surface area contributed by atoms with Crippen molar-refractivity contribution < 1.29 is 27.1 Å². The topological polar surface area (TPSA) is 102 Å². The fraction of sp³-hybridized carbons (Fsp3) is 0.300. The van der Waals surface area contributed by atoms with E-state index in [0.29, 0.717) is 23.9 Å². The van der Waals surface area contributed by atoms with Crippen LogP contribution in [0.3, 0.4) is 0 Å². The number of hydrogen-bond acceptors (Lipinski definition) is 7. The molecular formula is C20H18ClF4N5O2S. The third kappa shape index (κ3) is 6.65. The molecule has 0 unspecified atom stereocenters. The van der Waals surface area contributed by atoms with Gasteiger partial charge in [0.25, 0.3) is 12.0 Å². The van der Waals surface area contributed by atoms with Gasteiger partial charge in [-0.15, -0.1) is 0 Å². The zero-order chi connectivity index (χ0) is 24.2. The molecule has 0 aliphatic carbocycles. The number of amidine groups is 1. The van der Waals surface area contributed by atoms with Gasteiger partial charge in [0, 0.05) is 29.4 Å². The highest BCUT2D eigenvalue weighted by Crippen LogP contribution is 2.39. The molecule has 0 aromatic carbocycles. The van der Waals surface area contributed by atoms with Crippen LogP contribution in [0.2, 0.25) is 5.02 Å². The Kier molecular flexibility index (Phi) is 7.92. The Bertz CT molecular complexity index is 1100. The summed E-state index contributed by atoms with van der Waals surface area (Å²) in [5.74, 6) is -0.663. The number of anilines is 1. The Hall–Kier alpha value is -2.70. The smallest absolute Gasteiger partial charge is 0.345 e. The quantitative estimate of drug-likeness (QED) is 0.521. The molecule has 0 fully saturated rings. The number of nitrogens with two attached hydrogens (primary N) is 1. The van der Waals surface area contributed by atoms with Crippen LogP contribution in [0.25, 0.3) is 6.08 Å². The number of nitrogens with one attached hydrogen (secondary N) is 1. The Morgan fingerprint density at radius 1 is 1.42 bits per heavy atom. The molecule has 2 aromatic heterocycles. The number of nitrogens with zero attached hydrogens (tertiary/aromatic N) is 3. The molecule has 3 rings (SSSR count). The van der Waals surface area contributed by atoms with Crippen molar-refractivity contribution in [1.29, 1.82) is 0 Å². The van der Waals surface area contributed by atoms with E-state index < -0.39 is 24.1 Å². The van der Waals surface area contributed by atoms with E-state index in [1.807, 2.05) is 0 Å². The van der Waals surface area contributed by atoms with E-state index in [0.717, 1.165) is 18.0 Å². The van der Waals surface area contributed by atoms with Crippen molar-refractivity contribution in [2.45, 2.75) is 30.7 Å². The van der Waals surface area contributed by atoms with Crippen LogP contribution in [0.15, 0.2) is 41.7 Å². The SMILES string of the molecule is C[C@@]1(c2cc(NC(=O)c3ncc(C=C(F)F)cc3Cl)ccn2)C[C@@H](COC(F)F)SC(N)=N1. The molecule has 0 bridgehead atoms. The van der Waals surface area contributed by atoms with Gasteiger partial charge in [-0.2, -0.15) is 17.6 Å². The second kappa shape index (κ2) is 10.5. The lowest BCUT2D eigenvalue weighted by molar-refractivity contribution is -0.128. The molecule has 0 saturated carbocycles. The van der Waals surface area contributed by atoms with Crippen LogP contribution < -0.4 is 11.1 Å². The largest absolute Gasteiger partial charge is 0.379 e. The third-order valence-electron chi connectivity index (χ3n) is 4.60. The van der Waals surface area contributed by atoms with Crippen LogP contribution in [0.5, 0.6) is 0 Å². The number of rotatable bonds is 7. The van der Waals surface area contributed by atoms with Crippen LogP contribution in [0, 0.1) is 0 Å². The monoisotopic (exact) mass is 503 g/mol. The molecule has 1 amide bonds. The molecule has 3 N–H and O–H groups in total. The Balaban J connectivity index is 1.79. The first-order chi connectivity index (χ1) is 15.6. The number of carbonyl (C=O) groups excluding carboxylic acids is 1. The van der Waals surface area contributed by atoms with Crippen molar-refractivity contribution in [2.24, 2.45) is 10.7 Å².